The predicted molar refractivity (Wildman–Crippen MR) is 82.7 cm³/mol. The molecule has 1 amide bonds. The van der Waals surface area contributed by atoms with E-state index in [9.17, 15) is 4.79 Å². The summed E-state index contributed by atoms with van der Waals surface area (Å²) in [6.45, 7) is 3.67. The molecule has 0 saturated heterocycles. The van der Waals surface area contributed by atoms with Crippen molar-refractivity contribution in [2.75, 3.05) is 38.4 Å². The minimum Gasteiger partial charge on any atom is -0.397 e. The first-order valence-electron chi connectivity index (χ1n) is 6.88. The van der Waals surface area contributed by atoms with Crippen molar-refractivity contribution in [3.63, 3.8) is 0 Å². The molecule has 0 aromatic heterocycles. The highest BCUT2D eigenvalue weighted by molar-refractivity contribution is 5.93. The number of carbonyl (C=O) groups excluding carboxylic acids is 1. The van der Waals surface area contributed by atoms with Crippen LogP contribution in [0.1, 0.15) is 19.8 Å². The van der Waals surface area contributed by atoms with Gasteiger partial charge in [-0.15, -0.1) is 0 Å². The molecule has 0 saturated carbocycles. The molecular weight excluding hydrogens is 254 g/mol. The number of nitrogen functional groups attached to an aromatic ring is 1. The van der Waals surface area contributed by atoms with Crippen LogP contribution in [0.5, 0.6) is 0 Å². The first kappa shape index (κ1) is 16.5. The van der Waals surface area contributed by atoms with E-state index in [-0.39, 0.29) is 5.91 Å². The number of hydrogen-bond acceptors (Lipinski definition) is 4. The second-order valence-corrected chi connectivity index (χ2v) is 5.02. The lowest BCUT2D eigenvalue weighted by atomic mass is 10.2. The number of nitrogens with zero attached hydrogens (tertiary/aromatic N) is 1. The van der Waals surface area contributed by atoms with Crippen LogP contribution in [0.15, 0.2) is 24.3 Å². The maximum absolute atomic E-state index is 11.8. The number of anilines is 2. The number of ether oxygens (including phenoxy) is 1. The van der Waals surface area contributed by atoms with Crippen LogP contribution in [0.2, 0.25) is 0 Å². The zero-order valence-electron chi connectivity index (χ0n) is 12.6. The summed E-state index contributed by atoms with van der Waals surface area (Å²) in [4.78, 5) is 14.0. The summed E-state index contributed by atoms with van der Waals surface area (Å²) in [5, 5.41) is 2.83. The molecule has 1 atom stereocenters. The Morgan fingerprint density at radius 3 is 2.80 bits per heavy atom. The van der Waals surface area contributed by atoms with Gasteiger partial charge in [-0.2, -0.15) is 0 Å². The number of hydrogen-bond donors (Lipinski definition) is 2. The van der Waals surface area contributed by atoms with E-state index in [4.69, 9.17) is 10.5 Å². The smallest absolute Gasteiger partial charge is 0.224 e. The Bertz CT molecular complexity index is 423. The van der Waals surface area contributed by atoms with Gasteiger partial charge in [0.05, 0.1) is 18.0 Å². The maximum Gasteiger partial charge on any atom is 0.224 e. The Balaban J connectivity index is 2.29. The van der Waals surface area contributed by atoms with Gasteiger partial charge >= 0.3 is 0 Å². The fourth-order valence-electron chi connectivity index (χ4n) is 1.90. The molecule has 0 radical (unpaired) electrons. The summed E-state index contributed by atoms with van der Waals surface area (Å²) < 4.78 is 5.11. The van der Waals surface area contributed by atoms with Gasteiger partial charge in [-0.25, -0.2) is 0 Å². The standard InChI is InChI=1S/C15H25N3O2/c1-12(11-20-3)18(2)10-6-9-15(19)17-14-8-5-4-7-13(14)16/h4-5,7-8,12H,6,9-11,16H2,1-3H3,(H,17,19). The molecule has 0 aliphatic rings. The van der Waals surface area contributed by atoms with Crippen molar-refractivity contribution >= 4 is 17.3 Å². The molecule has 0 fully saturated rings. The van der Waals surface area contributed by atoms with E-state index >= 15 is 0 Å². The van der Waals surface area contributed by atoms with Crippen molar-refractivity contribution in [2.45, 2.75) is 25.8 Å². The van der Waals surface area contributed by atoms with Gasteiger partial charge in [0.2, 0.25) is 5.91 Å². The van der Waals surface area contributed by atoms with Gasteiger partial charge in [0.25, 0.3) is 0 Å². The van der Waals surface area contributed by atoms with E-state index in [0.29, 0.717) is 30.4 Å². The van der Waals surface area contributed by atoms with Crippen molar-refractivity contribution in [1.29, 1.82) is 0 Å². The molecule has 0 aliphatic carbocycles. The molecule has 1 rings (SSSR count). The Kier molecular flexibility index (Phi) is 7.04. The van der Waals surface area contributed by atoms with Crippen LogP contribution in [0.25, 0.3) is 0 Å². The summed E-state index contributed by atoms with van der Waals surface area (Å²) in [6, 6.07) is 7.63. The molecule has 0 heterocycles. The Hall–Kier alpha value is -1.59. The van der Waals surface area contributed by atoms with Crippen LogP contribution in [-0.2, 0) is 9.53 Å². The van der Waals surface area contributed by atoms with Crippen LogP contribution in [0.3, 0.4) is 0 Å². The van der Waals surface area contributed by atoms with Crippen LogP contribution >= 0.6 is 0 Å². The maximum atomic E-state index is 11.8. The average Bonchev–Trinajstić information content (AvgIpc) is 2.41. The van der Waals surface area contributed by atoms with Gasteiger partial charge in [-0.3, -0.25) is 4.79 Å². The van der Waals surface area contributed by atoms with E-state index in [2.05, 4.69) is 17.1 Å². The number of nitrogens with two attached hydrogens (primary N) is 1. The van der Waals surface area contributed by atoms with Gasteiger partial charge in [0, 0.05) is 19.6 Å². The number of methoxy groups -OCH3 is 1. The largest absolute Gasteiger partial charge is 0.397 e. The Morgan fingerprint density at radius 1 is 1.45 bits per heavy atom. The van der Waals surface area contributed by atoms with Gasteiger partial charge in [-0.1, -0.05) is 12.1 Å². The number of para-hydroxylation sites is 2. The van der Waals surface area contributed by atoms with Gasteiger partial charge < -0.3 is 20.7 Å². The fourth-order valence-corrected chi connectivity index (χ4v) is 1.90. The molecular formula is C15H25N3O2. The van der Waals surface area contributed by atoms with Crippen LogP contribution in [0, 0.1) is 0 Å². The zero-order valence-corrected chi connectivity index (χ0v) is 12.6. The highest BCUT2D eigenvalue weighted by Crippen LogP contribution is 2.16. The van der Waals surface area contributed by atoms with Crippen LogP contribution in [-0.4, -0.2) is 44.2 Å². The minimum absolute atomic E-state index is 0.00399. The molecule has 112 valence electrons. The van der Waals surface area contributed by atoms with Crippen molar-refractivity contribution in [2.24, 2.45) is 0 Å². The summed E-state index contributed by atoms with van der Waals surface area (Å²) in [5.41, 5.74) is 7.05. The molecule has 1 aromatic rings. The number of amides is 1. The summed E-state index contributed by atoms with van der Waals surface area (Å²) in [5.74, 6) is -0.00399. The highest BCUT2D eigenvalue weighted by Gasteiger charge is 2.10. The van der Waals surface area contributed by atoms with E-state index in [1.165, 1.54) is 0 Å². The number of benzene rings is 1. The number of nitrogens with one attached hydrogen (secondary N) is 1. The number of rotatable bonds is 8. The second kappa shape index (κ2) is 8.55. The predicted octanol–water partition coefficient (Wildman–Crippen LogP) is 1.95. The van der Waals surface area contributed by atoms with Crippen LogP contribution in [0.4, 0.5) is 11.4 Å². The molecule has 1 aromatic carbocycles. The van der Waals surface area contributed by atoms with Gasteiger partial charge in [0.1, 0.15) is 0 Å². The Labute approximate surface area is 121 Å². The molecule has 5 nitrogen and oxygen atoms in total. The van der Waals surface area contributed by atoms with Gasteiger partial charge in [0.15, 0.2) is 0 Å². The lowest BCUT2D eigenvalue weighted by Gasteiger charge is -2.23. The molecule has 0 bridgehead atoms. The van der Waals surface area contributed by atoms with Crippen molar-refractivity contribution in [3.8, 4) is 0 Å². The summed E-state index contributed by atoms with van der Waals surface area (Å²) >= 11 is 0. The minimum atomic E-state index is -0.00399. The SMILES string of the molecule is COCC(C)N(C)CCCC(=O)Nc1ccccc1N. The molecule has 0 spiro atoms. The lowest BCUT2D eigenvalue weighted by Crippen LogP contribution is -2.33. The van der Waals surface area contributed by atoms with E-state index in [1.54, 1.807) is 19.2 Å². The first-order valence-corrected chi connectivity index (χ1v) is 6.88. The monoisotopic (exact) mass is 279 g/mol. The molecule has 20 heavy (non-hydrogen) atoms. The highest BCUT2D eigenvalue weighted by atomic mass is 16.5. The quantitative estimate of drug-likeness (QED) is 0.714. The second-order valence-electron chi connectivity index (χ2n) is 5.02. The van der Waals surface area contributed by atoms with E-state index in [1.807, 2.05) is 19.2 Å². The van der Waals surface area contributed by atoms with Crippen molar-refractivity contribution in [1.82, 2.24) is 4.90 Å². The van der Waals surface area contributed by atoms with E-state index < -0.39 is 0 Å². The number of carbonyl (C=O) groups is 1. The Morgan fingerprint density at radius 2 is 2.15 bits per heavy atom. The average molecular weight is 279 g/mol. The summed E-state index contributed by atoms with van der Waals surface area (Å²) in [7, 11) is 3.73. The topological polar surface area (TPSA) is 67.6 Å². The summed E-state index contributed by atoms with van der Waals surface area (Å²) in [6.07, 6.45) is 1.29. The zero-order chi connectivity index (χ0) is 15.0. The third-order valence-electron chi connectivity index (χ3n) is 3.31. The van der Waals surface area contributed by atoms with Gasteiger partial charge in [-0.05, 0) is 39.1 Å². The third-order valence-corrected chi connectivity index (χ3v) is 3.31. The van der Waals surface area contributed by atoms with Crippen molar-refractivity contribution in [3.05, 3.63) is 24.3 Å². The fraction of sp³-hybridized carbons (Fsp3) is 0.533. The molecule has 3 N–H and O–H groups in total. The number of likely N-dealkylation sites (N-methyl/N-ethyl adjacent to an activating group) is 1. The van der Waals surface area contributed by atoms with E-state index in [0.717, 1.165) is 13.0 Å². The molecule has 0 aliphatic heterocycles. The first-order chi connectivity index (χ1) is 9.54. The third kappa shape index (κ3) is 5.59. The van der Waals surface area contributed by atoms with Crippen LogP contribution < -0.4 is 11.1 Å². The van der Waals surface area contributed by atoms with Crippen molar-refractivity contribution < 1.29 is 9.53 Å². The molecule has 1 unspecified atom stereocenters. The molecule has 5 heteroatoms. The normalized spacial score (nSPS) is 12.4. The lowest BCUT2D eigenvalue weighted by molar-refractivity contribution is -0.116.